The van der Waals surface area contributed by atoms with Crippen LogP contribution in [0.1, 0.15) is 37.1 Å². The summed E-state index contributed by atoms with van der Waals surface area (Å²) < 4.78 is 2.07. The van der Waals surface area contributed by atoms with Gasteiger partial charge < -0.3 is 10.3 Å². The van der Waals surface area contributed by atoms with Crippen LogP contribution in [-0.2, 0) is 6.54 Å². The maximum absolute atomic E-state index is 9.20. The molecular formula is C15H16N4. The first-order chi connectivity index (χ1) is 9.26. The summed E-state index contributed by atoms with van der Waals surface area (Å²) in [6.45, 7) is 2.89. The zero-order valence-electron chi connectivity index (χ0n) is 10.9. The number of nitrogen functional groups attached to an aromatic ring is 1. The maximum Gasteiger partial charge on any atom is 0.131 e. The molecule has 4 nitrogen and oxygen atoms in total. The van der Waals surface area contributed by atoms with Crippen molar-refractivity contribution >= 4 is 5.82 Å². The maximum atomic E-state index is 9.20. The number of hydrogen-bond acceptors (Lipinski definition) is 3. The van der Waals surface area contributed by atoms with Crippen molar-refractivity contribution < 1.29 is 0 Å². The second-order valence-electron chi connectivity index (χ2n) is 4.88. The fraction of sp³-hybridized carbons (Fsp3) is 0.333. The van der Waals surface area contributed by atoms with Crippen LogP contribution in [0, 0.1) is 11.3 Å². The van der Waals surface area contributed by atoms with Crippen molar-refractivity contribution in [3.63, 3.8) is 0 Å². The Morgan fingerprint density at radius 2 is 2.16 bits per heavy atom. The number of imidazole rings is 1. The second-order valence-corrected chi connectivity index (χ2v) is 4.88. The molecule has 0 amide bonds. The van der Waals surface area contributed by atoms with E-state index in [9.17, 15) is 5.26 Å². The lowest BCUT2D eigenvalue weighted by Crippen LogP contribution is -2.04. The molecule has 0 spiro atoms. The van der Waals surface area contributed by atoms with Crippen molar-refractivity contribution in [3.8, 4) is 17.3 Å². The Labute approximate surface area is 112 Å². The van der Waals surface area contributed by atoms with Gasteiger partial charge >= 0.3 is 0 Å². The van der Waals surface area contributed by atoms with Crippen LogP contribution in [0.5, 0.6) is 0 Å². The van der Waals surface area contributed by atoms with E-state index >= 15 is 0 Å². The Kier molecular flexibility index (Phi) is 2.75. The van der Waals surface area contributed by atoms with Gasteiger partial charge in [-0.25, -0.2) is 4.98 Å². The molecule has 0 saturated heterocycles. The van der Waals surface area contributed by atoms with E-state index in [1.54, 1.807) is 6.07 Å². The van der Waals surface area contributed by atoms with E-state index < -0.39 is 0 Å². The molecule has 1 aliphatic rings. The molecule has 1 heterocycles. The summed E-state index contributed by atoms with van der Waals surface area (Å²) in [5, 5.41) is 9.20. The molecule has 2 aromatic rings. The van der Waals surface area contributed by atoms with E-state index in [2.05, 4.69) is 17.6 Å². The van der Waals surface area contributed by atoms with Crippen molar-refractivity contribution in [2.24, 2.45) is 0 Å². The Morgan fingerprint density at radius 1 is 1.42 bits per heavy atom. The van der Waals surface area contributed by atoms with E-state index in [0.717, 1.165) is 23.6 Å². The number of benzene rings is 1. The third-order valence-electron chi connectivity index (χ3n) is 3.60. The summed E-state index contributed by atoms with van der Waals surface area (Å²) in [5.41, 5.74) is 8.43. The number of anilines is 1. The minimum absolute atomic E-state index is 0.547. The van der Waals surface area contributed by atoms with Crippen LogP contribution < -0.4 is 5.73 Å². The van der Waals surface area contributed by atoms with Crippen molar-refractivity contribution in [3.05, 3.63) is 35.7 Å². The van der Waals surface area contributed by atoms with Gasteiger partial charge in [0.05, 0.1) is 11.6 Å². The third kappa shape index (κ3) is 1.88. The standard InChI is InChI=1S/C15H16N4/c1-2-19-14(17)13(18-15(19)10-7-8-10)12-6-4-3-5-11(12)9-16/h3-6,10H,2,7-8,17H2,1H3. The summed E-state index contributed by atoms with van der Waals surface area (Å²) in [5.74, 6) is 2.29. The minimum Gasteiger partial charge on any atom is -0.383 e. The van der Waals surface area contributed by atoms with Crippen LogP contribution in [0.4, 0.5) is 5.82 Å². The average Bonchev–Trinajstić information content (AvgIpc) is 3.23. The van der Waals surface area contributed by atoms with Crippen LogP contribution in [-0.4, -0.2) is 9.55 Å². The topological polar surface area (TPSA) is 67.6 Å². The summed E-state index contributed by atoms with van der Waals surface area (Å²) >= 11 is 0. The van der Waals surface area contributed by atoms with E-state index in [4.69, 9.17) is 10.7 Å². The third-order valence-corrected chi connectivity index (χ3v) is 3.60. The molecule has 0 bridgehead atoms. The molecule has 0 aliphatic heterocycles. The molecule has 96 valence electrons. The van der Waals surface area contributed by atoms with Gasteiger partial charge in [-0.15, -0.1) is 0 Å². The molecule has 19 heavy (non-hydrogen) atoms. The fourth-order valence-corrected chi connectivity index (χ4v) is 2.45. The van der Waals surface area contributed by atoms with Gasteiger partial charge in [0.2, 0.25) is 0 Å². The number of nitriles is 1. The van der Waals surface area contributed by atoms with Gasteiger partial charge in [0, 0.05) is 18.0 Å². The summed E-state index contributed by atoms with van der Waals surface area (Å²) in [4.78, 5) is 4.71. The molecule has 4 heteroatoms. The molecule has 1 aromatic heterocycles. The normalized spacial score (nSPS) is 14.3. The highest BCUT2D eigenvalue weighted by atomic mass is 15.1. The Bertz CT molecular complexity index is 659. The van der Waals surface area contributed by atoms with Gasteiger partial charge in [-0.2, -0.15) is 5.26 Å². The van der Waals surface area contributed by atoms with E-state index in [1.165, 1.54) is 12.8 Å². The van der Waals surface area contributed by atoms with Crippen LogP contribution >= 0.6 is 0 Å². The van der Waals surface area contributed by atoms with Crippen LogP contribution in [0.25, 0.3) is 11.3 Å². The summed E-state index contributed by atoms with van der Waals surface area (Å²) in [7, 11) is 0. The molecule has 2 N–H and O–H groups in total. The fourth-order valence-electron chi connectivity index (χ4n) is 2.45. The van der Waals surface area contributed by atoms with Gasteiger partial charge in [0.1, 0.15) is 17.3 Å². The molecule has 3 rings (SSSR count). The summed E-state index contributed by atoms with van der Waals surface area (Å²) in [6.07, 6.45) is 2.38. The Hall–Kier alpha value is -2.28. The predicted octanol–water partition coefficient (Wildman–Crippen LogP) is 2.90. The Balaban J connectivity index is 2.18. The van der Waals surface area contributed by atoms with Gasteiger partial charge in [0.15, 0.2) is 0 Å². The van der Waals surface area contributed by atoms with Crippen molar-refractivity contribution in [1.29, 1.82) is 5.26 Å². The lowest BCUT2D eigenvalue weighted by atomic mass is 10.1. The van der Waals surface area contributed by atoms with Gasteiger partial charge in [0.25, 0.3) is 0 Å². The number of hydrogen-bond donors (Lipinski definition) is 1. The largest absolute Gasteiger partial charge is 0.383 e. The highest BCUT2D eigenvalue weighted by Gasteiger charge is 2.30. The van der Waals surface area contributed by atoms with E-state index in [0.29, 0.717) is 17.3 Å². The average molecular weight is 252 g/mol. The minimum atomic E-state index is 0.547. The molecular weight excluding hydrogens is 236 g/mol. The first-order valence-electron chi connectivity index (χ1n) is 6.61. The van der Waals surface area contributed by atoms with Crippen LogP contribution in [0.3, 0.4) is 0 Å². The molecule has 0 radical (unpaired) electrons. The second kappa shape index (κ2) is 4.43. The van der Waals surface area contributed by atoms with Crippen molar-refractivity contribution in [1.82, 2.24) is 9.55 Å². The zero-order valence-corrected chi connectivity index (χ0v) is 10.9. The predicted molar refractivity (Wildman–Crippen MR) is 74.4 cm³/mol. The smallest absolute Gasteiger partial charge is 0.131 e. The molecule has 0 unspecified atom stereocenters. The number of nitrogens with two attached hydrogens (primary N) is 1. The molecule has 1 saturated carbocycles. The van der Waals surface area contributed by atoms with Crippen LogP contribution in [0.15, 0.2) is 24.3 Å². The molecule has 1 aliphatic carbocycles. The van der Waals surface area contributed by atoms with Gasteiger partial charge in [-0.1, -0.05) is 18.2 Å². The molecule has 1 fully saturated rings. The first-order valence-corrected chi connectivity index (χ1v) is 6.61. The lowest BCUT2D eigenvalue weighted by Gasteiger charge is -2.05. The van der Waals surface area contributed by atoms with E-state index in [1.807, 2.05) is 18.2 Å². The van der Waals surface area contributed by atoms with E-state index in [-0.39, 0.29) is 0 Å². The number of rotatable bonds is 3. The monoisotopic (exact) mass is 252 g/mol. The Morgan fingerprint density at radius 3 is 2.79 bits per heavy atom. The van der Waals surface area contributed by atoms with Crippen molar-refractivity contribution in [2.75, 3.05) is 5.73 Å². The molecule has 1 aromatic carbocycles. The number of aromatic nitrogens is 2. The highest BCUT2D eigenvalue weighted by Crippen LogP contribution is 2.42. The first kappa shape index (κ1) is 11.8. The van der Waals surface area contributed by atoms with Gasteiger partial charge in [-0.3, -0.25) is 0 Å². The quantitative estimate of drug-likeness (QED) is 0.913. The van der Waals surface area contributed by atoms with Crippen LogP contribution in [0.2, 0.25) is 0 Å². The molecule has 0 atom stereocenters. The summed E-state index contributed by atoms with van der Waals surface area (Å²) in [6, 6.07) is 9.69. The highest BCUT2D eigenvalue weighted by molar-refractivity contribution is 5.76. The SMILES string of the molecule is CCn1c(C2CC2)nc(-c2ccccc2C#N)c1N. The number of nitrogens with zero attached hydrogens (tertiary/aromatic N) is 3. The van der Waals surface area contributed by atoms with Gasteiger partial charge in [-0.05, 0) is 25.8 Å². The zero-order chi connectivity index (χ0) is 13.4. The lowest BCUT2D eigenvalue weighted by molar-refractivity contribution is 0.708. The van der Waals surface area contributed by atoms with Crippen molar-refractivity contribution in [2.45, 2.75) is 32.2 Å².